The van der Waals surface area contributed by atoms with Gasteiger partial charge in [-0.1, -0.05) is 0 Å². The predicted molar refractivity (Wildman–Crippen MR) is 44.1 cm³/mol. The molecule has 0 amide bonds. The molecular formula is C10H10Zr2. The van der Waals surface area contributed by atoms with Crippen molar-refractivity contribution in [3.8, 4) is 0 Å². The van der Waals surface area contributed by atoms with E-state index in [4.69, 9.17) is 0 Å². The van der Waals surface area contributed by atoms with Gasteiger partial charge in [0.05, 0.1) is 0 Å². The molecule has 2 aliphatic carbocycles. The molecule has 12 heavy (non-hydrogen) atoms. The second-order valence-corrected chi connectivity index (χ2v) is 5.87. The number of hydrogen-bond acceptors (Lipinski definition) is 0. The standard InChI is InChI=1S/2C5H5.2Zr/c2*1-2-4-5-3-1;;/h2*1-5H;;. The first kappa shape index (κ1) is 10.8. The summed E-state index contributed by atoms with van der Waals surface area (Å²) in [5, 5.41) is 0. The number of hydrogen-bond donors (Lipinski definition) is 0. The molecule has 0 unspecified atom stereocenters. The Labute approximate surface area is 104 Å². The van der Waals surface area contributed by atoms with Crippen LogP contribution in [0.15, 0.2) is 48.6 Å². The fourth-order valence-electron chi connectivity index (χ4n) is 0.864. The third-order valence-corrected chi connectivity index (χ3v) is 3.39. The molecule has 0 aromatic heterocycles. The van der Waals surface area contributed by atoms with Crippen LogP contribution in [0.3, 0.4) is 0 Å². The van der Waals surface area contributed by atoms with Gasteiger partial charge in [0.1, 0.15) is 0 Å². The first-order valence-corrected chi connectivity index (χ1v) is 6.75. The van der Waals surface area contributed by atoms with E-state index in [2.05, 4.69) is 48.6 Å². The second-order valence-electron chi connectivity index (χ2n) is 2.59. The second kappa shape index (κ2) is 6.22. The average molecular weight is 313 g/mol. The van der Waals surface area contributed by atoms with E-state index in [1.807, 2.05) is 0 Å². The molecule has 0 saturated heterocycles. The molecule has 0 aromatic rings. The molecule has 0 radical (unpaired) electrons. The van der Waals surface area contributed by atoms with E-state index >= 15 is 0 Å². The maximum absolute atomic E-state index is 2.21. The van der Waals surface area contributed by atoms with Gasteiger partial charge in [-0.2, -0.15) is 0 Å². The van der Waals surface area contributed by atoms with E-state index in [0.29, 0.717) is 0 Å². The van der Waals surface area contributed by atoms with Crippen molar-refractivity contribution in [2.24, 2.45) is 0 Å². The van der Waals surface area contributed by atoms with Crippen LogP contribution in [0, 0.1) is 0 Å². The third-order valence-electron chi connectivity index (χ3n) is 1.50. The van der Waals surface area contributed by atoms with Crippen LogP contribution in [-0.4, -0.2) is 0 Å². The van der Waals surface area contributed by atoms with Gasteiger partial charge >= 0.3 is 105 Å². The van der Waals surface area contributed by atoms with Crippen molar-refractivity contribution >= 4 is 0 Å². The summed E-state index contributed by atoms with van der Waals surface area (Å²) in [6, 6.07) is 0. The van der Waals surface area contributed by atoms with Gasteiger partial charge in [-0.15, -0.1) is 0 Å². The van der Waals surface area contributed by atoms with Gasteiger partial charge in [-0.3, -0.25) is 0 Å². The summed E-state index contributed by atoms with van der Waals surface area (Å²) >= 11 is 3.18. The van der Waals surface area contributed by atoms with Crippen LogP contribution < -0.4 is 0 Å². The monoisotopic (exact) mass is 310 g/mol. The fourth-order valence-corrected chi connectivity index (χ4v) is 1.96. The Kier molecular flexibility index (Phi) is 5.60. The maximum atomic E-state index is 2.21. The summed E-state index contributed by atoms with van der Waals surface area (Å²) in [5.41, 5.74) is 0. The normalized spacial score (nSPS) is 19.8. The predicted octanol–water partition coefficient (Wildman–Crippen LogP) is 2.90. The van der Waals surface area contributed by atoms with Crippen LogP contribution in [0.4, 0.5) is 0 Å². The molecule has 0 saturated carbocycles. The molecule has 2 heteroatoms. The van der Waals surface area contributed by atoms with Crippen LogP contribution in [0.1, 0.15) is 0 Å². The van der Waals surface area contributed by atoms with Crippen molar-refractivity contribution in [2.45, 2.75) is 7.25 Å². The zero-order valence-electron chi connectivity index (χ0n) is 6.77. The van der Waals surface area contributed by atoms with Gasteiger partial charge in [0.25, 0.3) is 0 Å². The Bertz CT molecular complexity index is 186. The molecule has 0 fully saturated rings. The summed E-state index contributed by atoms with van der Waals surface area (Å²) in [6.07, 6.45) is 17.2. The summed E-state index contributed by atoms with van der Waals surface area (Å²) in [5.74, 6) is 0. The van der Waals surface area contributed by atoms with E-state index in [9.17, 15) is 0 Å². The number of rotatable bonds is 0. The van der Waals surface area contributed by atoms with Crippen molar-refractivity contribution in [3.05, 3.63) is 48.6 Å². The van der Waals surface area contributed by atoms with E-state index in [-0.39, 0.29) is 0 Å². The Morgan fingerprint density at radius 2 is 0.833 bits per heavy atom. The van der Waals surface area contributed by atoms with Gasteiger partial charge < -0.3 is 0 Å². The molecule has 2 rings (SSSR count). The molecule has 0 nitrogen and oxygen atoms in total. The molecule has 58 valence electrons. The molecule has 0 N–H and O–H groups in total. The number of allylic oxidation sites excluding steroid dienone is 8. The molecule has 2 aliphatic rings. The van der Waals surface area contributed by atoms with E-state index < -0.39 is 0 Å². The van der Waals surface area contributed by atoms with Gasteiger partial charge in [0, 0.05) is 0 Å². The first-order chi connectivity index (χ1) is 5.79. The Balaban J connectivity index is 0.000000120. The van der Waals surface area contributed by atoms with Crippen LogP contribution in [0.2, 0.25) is 7.25 Å². The van der Waals surface area contributed by atoms with E-state index in [0.717, 1.165) is 7.25 Å². The zero-order valence-corrected chi connectivity index (χ0v) is 11.7. The SMILES string of the molecule is [Zr][CH]1C=CC=C1.[Zr][CH]1C=CC=C1. The Hall–Kier alpha value is 0.726. The molecule has 0 atom stereocenters. The molecule has 0 aliphatic heterocycles. The van der Waals surface area contributed by atoms with Crippen LogP contribution in [0.5, 0.6) is 0 Å². The minimum absolute atomic E-state index is 0.775. The van der Waals surface area contributed by atoms with Crippen LogP contribution in [0.25, 0.3) is 0 Å². The molecule has 0 bridgehead atoms. The van der Waals surface area contributed by atoms with Gasteiger partial charge in [0.15, 0.2) is 0 Å². The summed E-state index contributed by atoms with van der Waals surface area (Å²) in [7, 11) is 0. The average Bonchev–Trinajstić information content (AvgIpc) is 2.63. The summed E-state index contributed by atoms with van der Waals surface area (Å²) in [6.45, 7) is 0. The van der Waals surface area contributed by atoms with Crippen molar-refractivity contribution in [1.82, 2.24) is 0 Å². The summed E-state index contributed by atoms with van der Waals surface area (Å²) in [4.78, 5) is 0. The van der Waals surface area contributed by atoms with Crippen molar-refractivity contribution in [1.29, 1.82) is 0 Å². The third kappa shape index (κ3) is 4.68. The minimum atomic E-state index is 0.775. The quantitative estimate of drug-likeness (QED) is 0.645. The van der Waals surface area contributed by atoms with Gasteiger partial charge in [0.2, 0.25) is 0 Å². The van der Waals surface area contributed by atoms with Crippen LogP contribution in [-0.2, 0) is 49.4 Å². The Morgan fingerprint density at radius 3 is 0.917 bits per heavy atom. The molecule has 0 aromatic carbocycles. The topological polar surface area (TPSA) is 0 Å². The van der Waals surface area contributed by atoms with Crippen molar-refractivity contribution < 1.29 is 49.4 Å². The van der Waals surface area contributed by atoms with E-state index in [1.54, 1.807) is 49.4 Å². The summed E-state index contributed by atoms with van der Waals surface area (Å²) < 4.78 is 1.55. The first-order valence-electron chi connectivity index (χ1n) is 3.91. The van der Waals surface area contributed by atoms with E-state index in [1.165, 1.54) is 0 Å². The van der Waals surface area contributed by atoms with Gasteiger partial charge in [-0.05, 0) is 0 Å². The Morgan fingerprint density at radius 1 is 0.583 bits per heavy atom. The fraction of sp³-hybridized carbons (Fsp3) is 0.200. The zero-order chi connectivity index (χ0) is 8.81. The van der Waals surface area contributed by atoms with Crippen LogP contribution >= 0.6 is 0 Å². The molecule has 0 spiro atoms. The molecule has 0 heterocycles. The van der Waals surface area contributed by atoms with Crippen molar-refractivity contribution in [2.75, 3.05) is 0 Å². The van der Waals surface area contributed by atoms with Gasteiger partial charge in [-0.25, -0.2) is 0 Å². The molecular weight excluding hydrogens is 303 g/mol. The van der Waals surface area contributed by atoms with Crippen molar-refractivity contribution in [3.63, 3.8) is 0 Å².